The van der Waals surface area contributed by atoms with E-state index < -0.39 is 0 Å². The number of aromatic nitrogens is 1. The summed E-state index contributed by atoms with van der Waals surface area (Å²) in [5.74, 6) is 0. The maximum absolute atomic E-state index is 5.77. The molecule has 18 heavy (non-hydrogen) atoms. The zero-order chi connectivity index (χ0) is 13.0. The molecule has 0 saturated heterocycles. The van der Waals surface area contributed by atoms with Gasteiger partial charge in [-0.3, -0.25) is 0 Å². The molecule has 0 fully saturated rings. The minimum Gasteiger partial charge on any atom is -0.328 e. The first-order valence-corrected chi connectivity index (χ1v) is 6.90. The van der Waals surface area contributed by atoms with Crippen molar-refractivity contribution in [2.75, 3.05) is 0 Å². The summed E-state index contributed by atoms with van der Waals surface area (Å²) in [4.78, 5) is 5.69. The van der Waals surface area contributed by atoms with E-state index >= 15 is 0 Å². The van der Waals surface area contributed by atoms with Crippen molar-refractivity contribution in [1.29, 1.82) is 0 Å². The first kappa shape index (κ1) is 13.1. The normalized spacial score (nSPS) is 12.4. The van der Waals surface area contributed by atoms with Crippen molar-refractivity contribution in [1.82, 2.24) is 4.98 Å². The summed E-state index contributed by atoms with van der Waals surface area (Å²) < 4.78 is 0. The van der Waals surface area contributed by atoms with Crippen molar-refractivity contribution in [3.05, 3.63) is 53.7 Å². The average Bonchev–Trinajstić information content (AvgIpc) is 2.31. The molecule has 1 heterocycles. The third kappa shape index (κ3) is 3.86. The van der Waals surface area contributed by atoms with E-state index in [9.17, 15) is 0 Å². The summed E-state index contributed by atoms with van der Waals surface area (Å²) in [6.45, 7) is 4.11. The zero-order valence-corrected chi connectivity index (χ0v) is 11.6. The highest BCUT2D eigenvalue weighted by atomic mass is 32.2. The monoisotopic (exact) mass is 258 g/mol. The number of nitrogens with two attached hydrogens (primary N) is 1. The summed E-state index contributed by atoms with van der Waals surface area (Å²) in [5, 5.41) is 1.02. The molecule has 0 aliphatic heterocycles. The summed E-state index contributed by atoms with van der Waals surface area (Å²) in [5.41, 5.74) is 8.23. The number of hydrogen-bond acceptors (Lipinski definition) is 3. The van der Waals surface area contributed by atoms with Gasteiger partial charge in [0.15, 0.2) is 0 Å². The lowest BCUT2D eigenvalue weighted by atomic mass is 10.1. The van der Waals surface area contributed by atoms with E-state index in [1.807, 2.05) is 13.1 Å². The topological polar surface area (TPSA) is 38.9 Å². The molecule has 0 amide bonds. The van der Waals surface area contributed by atoms with Crippen molar-refractivity contribution in [2.45, 2.75) is 36.2 Å². The molecular formula is C15H18N2S. The Morgan fingerprint density at radius 2 is 2.11 bits per heavy atom. The highest BCUT2D eigenvalue weighted by molar-refractivity contribution is 7.99. The molecule has 3 heteroatoms. The van der Waals surface area contributed by atoms with Gasteiger partial charge in [0.25, 0.3) is 0 Å². The molecule has 1 aromatic heterocycles. The van der Waals surface area contributed by atoms with Gasteiger partial charge in [-0.1, -0.05) is 35.5 Å². The highest BCUT2D eigenvalue weighted by Crippen LogP contribution is 2.26. The van der Waals surface area contributed by atoms with Crippen LogP contribution < -0.4 is 5.73 Å². The van der Waals surface area contributed by atoms with Crippen molar-refractivity contribution in [3.8, 4) is 0 Å². The third-order valence-electron chi connectivity index (χ3n) is 2.57. The fraction of sp³-hybridized carbons (Fsp3) is 0.267. The predicted molar refractivity (Wildman–Crippen MR) is 76.9 cm³/mol. The van der Waals surface area contributed by atoms with Crippen molar-refractivity contribution in [2.24, 2.45) is 5.73 Å². The molecule has 1 unspecified atom stereocenters. The first-order chi connectivity index (χ1) is 8.63. The quantitative estimate of drug-likeness (QED) is 0.913. The number of pyridine rings is 1. The predicted octanol–water partition coefficient (Wildman–Crippen LogP) is 3.43. The second kappa shape index (κ2) is 6.03. The fourth-order valence-corrected chi connectivity index (χ4v) is 2.64. The molecular weight excluding hydrogens is 240 g/mol. The van der Waals surface area contributed by atoms with Crippen LogP contribution >= 0.6 is 11.8 Å². The molecule has 2 rings (SSSR count). The van der Waals surface area contributed by atoms with Gasteiger partial charge in [0.05, 0.1) is 0 Å². The minimum absolute atomic E-state index is 0.182. The van der Waals surface area contributed by atoms with Crippen LogP contribution in [0.3, 0.4) is 0 Å². The Labute approximate surface area is 113 Å². The molecule has 0 aliphatic carbocycles. The average molecular weight is 258 g/mol. The van der Waals surface area contributed by atoms with E-state index in [2.05, 4.69) is 48.3 Å². The van der Waals surface area contributed by atoms with Crippen molar-refractivity contribution in [3.63, 3.8) is 0 Å². The lowest BCUT2D eigenvalue weighted by molar-refractivity contribution is 0.734. The summed E-state index contributed by atoms with van der Waals surface area (Å²) in [6.07, 6.45) is 2.80. The standard InChI is InChI=1S/C15H18N2S/c1-11-4-3-5-14(8-11)18-15-7-6-13(10-17-15)9-12(2)16/h3-8,10,12H,9,16H2,1-2H3. The molecule has 2 nitrogen and oxygen atoms in total. The van der Waals surface area contributed by atoms with Gasteiger partial charge in [-0.05, 0) is 44.0 Å². The van der Waals surface area contributed by atoms with E-state index in [1.165, 1.54) is 16.0 Å². The second-order valence-corrected chi connectivity index (χ2v) is 5.70. The molecule has 0 radical (unpaired) electrons. The van der Waals surface area contributed by atoms with Crippen molar-refractivity contribution < 1.29 is 0 Å². The summed E-state index contributed by atoms with van der Waals surface area (Å²) in [7, 11) is 0. The molecule has 0 spiro atoms. The van der Waals surface area contributed by atoms with E-state index in [0.29, 0.717) is 0 Å². The highest BCUT2D eigenvalue weighted by Gasteiger charge is 2.01. The lowest BCUT2D eigenvalue weighted by Gasteiger charge is -2.06. The molecule has 0 aliphatic rings. The maximum Gasteiger partial charge on any atom is 0.101 e. The summed E-state index contributed by atoms with van der Waals surface area (Å²) >= 11 is 1.69. The van der Waals surface area contributed by atoms with Gasteiger partial charge in [-0.2, -0.15) is 0 Å². The number of aryl methyl sites for hydroxylation is 1. The molecule has 0 bridgehead atoms. The molecule has 94 valence electrons. The van der Waals surface area contributed by atoms with Gasteiger partial charge in [-0.25, -0.2) is 4.98 Å². The number of benzene rings is 1. The Morgan fingerprint density at radius 3 is 2.72 bits per heavy atom. The lowest BCUT2D eigenvalue weighted by Crippen LogP contribution is -2.17. The van der Waals surface area contributed by atoms with Crippen LogP contribution in [0.25, 0.3) is 0 Å². The number of nitrogens with zero attached hydrogens (tertiary/aromatic N) is 1. The van der Waals surface area contributed by atoms with Gasteiger partial charge in [0.2, 0.25) is 0 Å². The molecule has 2 N–H and O–H groups in total. The van der Waals surface area contributed by atoms with E-state index in [1.54, 1.807) is 11.8 Å². The van der Waals surface area contributed by atoms with Crippen LogP contribution in [0.2, 0.25) is 0 Å². The fourth-order valence-electron chi connectivity index (χ4n) is 1.76. The van der Waals surface area contributed by atoms with Gasteiger partial charge in [0, 0.05) is 17.1 Å². The number of hydrogen-bond donors (Lipinski definition) is 1. The maximum atomic E-state index is 5.77. The molecule has 1 aromatic carbocycles. The molecule has 1 atom stereocenters. The van der Waals surface area contributed by atoms with E-state index in [4.69, 9.17) is 5.73 Å². The van der Waals surface area contributed by atoms with Crippen LogP contribution in [0.15, 0.2) is 52.5 Å². The first-order valence-electron chi connectivity index (χ1n) is 6.08. The minimum atomic E-state index is 0.182. The van der Waals surface area contributed by atoms with Crippen LogP contribution in [0, 0.1) is 6.92 Å². The Morgan fingerprint density at radius 1 is 1.28 bits per heavy atom. The largest absolute Gasteiger partial charge is 0.328 e. The second-order valence-electron chi connectivity index (χ2n) is 4.60. The summed E-state index contributed by atoms with van der Waals surface area (Å²) in [6, 6.07) is 12.8. The van der Waals surface area contributed by atoms with Crippen LogP contribution in [0.1, 0.15) is 18.1 Å². The Hall–Kier alpha value is -1.32. The Balaban J connectivity index is 2.06. The van der Waals surface area contributed by atoms with Crippen molar-refractivity contribution >= 4 is 11.8 Å². The third-order valence-corrected chi connectivity index (χ3v) is 3.51. The van der Waals surface area contributed by atoms with Crippen LogP contribution in [0.5, 0.6) is 0 Å². The van der Waals surface area contributed by atoms with Gasteiger partial charge in [-0.15, -0.1) is 0 Å². The van der Waals surface area contributed by atoms with Crippen LogP contribution in [-0.2, 0) is 6.42 Å². The van der Waals surface area contributed by atoms with E-state index in [0.717, 1.165) is 11.4 Å². The smallest absolute Gasteiger partial charge is 0.101 e. The zero-order valence-electron chi connectivity index (χ0n) is 10.8. The molecule has 2 aromatic rings. The molecule has 0 saturated carbocycles. The van der Waals surface area contributed by atoms with Gasteiger partial charge < -0.3 is 5.73 Å². The Bertz CT molecular complexity index is 506. The van der Waals surface area contributed by atoms with E-state index in [-0.39, 0.29) is 6.04 Å². The van der Waals surface area contributed by atoms with Crippen LogP contribution in [-0.4, -0.2) is 11.0 Å². The Kier molecular flexibility index (Phi) is 4.39. The van der Waals surface area contributed by atoms with Gasteiger partial charge in [0.1, 0.15) is 5.03 Å². The van der Waals surface area contributed by atoms with Gasteiger partial charge >= 0.3 is 0 Å². The van der Waals surface area contributed by atoms with Crippen LogP contribution in [0.4, 0.5) is 0 Å². The number of rotatable bonds is 4. The SMILES string of the molecule is Cc1cccc(Sc2ccc(CC(C)N)cn2)c1.